The molecule has 2 aromatic heterocycles. The van der Waals surface area contributed by atoms with Gasteiger partial charge in [-0.1, -0.05) is 41.7 Å². The number of nitrogens with one attached hydrogen (secondary N) is 1. The van der Waals surface area contributed by atoms with Crippen molar-refractivity contribution in [3.8, 4) is 11.1 Å². The van der Waals surface area contributed by atoms with Crippen LogP contribution in [0, 0.1) is 0 Å². The van der Waals surface area contributed by atoms with E-state index in [0.717, 1.165) is 10.4 Å². The van der Waals surface area contributed by atoms with E-state index in [1.807, 2.05) is 41.5 Å². The normalized spacial score (nSPS) is 10.6. The predicted molar refractivity (Wildman–Crippen MR) is 76.7 cm³/mol. The van der Waals surface area contributed by atoms with Crippen LogP contribution in [0.2, 0.25) is 0 Å². The maximum atomic E-state index is 5.31. The van der Waals surface area contributed by atoms with Crippen molar-refractivity contribution >= 4 is 16.5 Å². The highest BCUT2D eigenvalue weighted by Crippen LogP contribution is 2.20. The van der Waals surface area contributed by atoms with E-state index < -0.39 is 0 Å². The fraction of sp³-hybridized carbons (Fsp3) is 0.0769. The van der Waals surface area contributed by atoms with Gasteiger partial charge in [-0.05, 0) is 5.56 Å². The second-order valence-corrected chi connectivity index (χ2v) is 5.18. The minimum atomic E-state index is 0.701. The van der Waals surface area contributed by atoms with E-state index in [-0.39, 0.29) is 0 Å². The van der Waals surface area contributed by atoms with Gasteiger partial charge in [0.05, 0.1) is 12.7 Å². The summed E-state index contributed by atoms with van der Waals surface area (Å²) in [5, 5.41) is 5.08. The molecular formula is C13H13N5S. The quantitative estimate of drug-likeness (QED) is 0.564. The van der Waals surface area contributed by atoms with E-state index in [2.05, 4.69) is 27.6 Å². The zero-order valence-electron chi connectivity index (χ0n) is 10.2. The Kier molecular flexibility index (Phi) is 3.26. The average Bonchev–Trinajstić information content (AvgIpc) is 3.09. The summed E-state index contributed by atoms with van der Waals surface area (Å²) in [7, 11) is 0. The van der Waals surface area contributed by atoms with Gasteiger partial charge in [-0.15, -0.1) is 0 Å². The second kappa shape index (κ2) is 5.21. The number of hydrogen-bond acceptors (Lipinski definition) is 5. The molecule has 19 heavy (non-hydrogen) atoms. The Balaban J connectivity index is 1.78. The average molecular weight is 271 g/mol. The van der Waals surface area contributed by atoms with Crippen LogP contribution in [0.25, 0.3) is 11.1 Å². The Morgan fingerprint density at radius 3 is 2.74 bits per heavy atom. The molecule has 0 radical (unpaired) electrons. The molecule has 3 N–H and O–H groups in total. The van der Waals surface area contributed by atoms with Gasteiger partial charge in [-0.2, -0.15) is 5.10 Å². The van der Waals surface area contributed by atoms with Gasteiger partial charge >= 0.3 is 0 Å². The van der Waals surface area contributed by atoms with Crippen molar-refractivity contribution in [3.05, 3.63) is 53.8 Å². The van der Waals surface area contributed by atoms with Gasteiger partial charge in [-0.25, -0.2) is 10.8 Å². The summed E-state index contributed by atoms with van der Waals surface area (Å²) in [6.45, 7) is 0.701. The van der Waals surface area contributed by atoms with Gasteiger partial charge in [0.2, 0.25) is 0 Å². The maximum absolute atomic E-state index is 5.31. The molecule has 1 aromatic carbocycles. The molecule has 2 heterocycles. The number of benzene rings is 1. The van der Waals surface area contributed by atoms with Gasteiger partial charge in [0, 0.05) is 22.8 Å². The molecule has 0 saturated carbocycles. The van der Waals surface area contributed by atoms with Gasteiger partial charge in [0.1, 0.15) is 0 Å². The fourth-order valence-corrected chi connectivity index (χ4v) is 2.55. The molecule has 0 fully saturated rings. The number of anilines is 1. The molecule has 0 aliphatic carbocycles. The van der Waals surface area contributed by atoms with Crippen LogP contribution in [0.5, 0.6) is 0 Å². The highest BCUT2D eigenvalue weighted by Gasteiger charge is 2.04. The van der Waals surface area contributed by atoms with Crippen molar-refractivity contribution < 1.29 is 0 Å². The van der Waals surface area contributed by atoms with Crippen molar-refractivity contribution in [1.82, 2.24) is 14.8 Å². The number of hydrazine groups is 1. The molecule has 3 aromatic rings. The number of hydrogen-bond donors (Lipinski definition) is 2. The highest BCUT2D eigenvalue weighted by atomic mass is 32.1. The molecule has 0 spiro atoms. The smallest absolute Gasteiger partial charge is 0.197 e. The third-order valence-electron chi connectivity index (χ3n) is 2.74. The van der Waals surface area contributed by atoms with Crippen LogP contribution in [-0.4, -0.2) is 14.8 Å². The molecule has 96 valence electrons. The minimum Gasteiger partial charge on any atom is -0.300 e. The number of aromatic nitrogens is 3. The fourth-order valence-electron chi connectivity index (χ4n) is 1.84. The molecule has 5 nitrogen and oxygen atoms in total. The highest BCUT2D eigenvalue weighted by molar-refractivity contribution is 7.15. The molecule has 0 aliphatic heterocycles. The van der Waals surface area contributed by atoms with E-state index in [4.69, 9.17) is 5.84 Å². The molecule has 0 bridgehead atoms. The summed E-state index contributed by atoms with van der Waals surface area (Å²) in [5.41, 5.74) is 4.82. The largest absolute Gasteiger partial charge is 0.300 e. The lowest BCUT2D eigenvalue weighted by atomic mass is 10.1. The lowest BCUT2D eigenvalue weighted by molar-refractivity contribution is 0.694. The first-order chi connectivity index (χ1) is 9.35. The summed E-state index contributed by atoms with van der Waals surface area (Å²) >= 11 is 1.52. The molecular weight excluding hydrogens is 258 g/mol. The van der Waals surface area contributed by atoms with Crippen molar-refractivity contribution in [1.29, 1.82) is 0 Å². The number of rotatable bonds is 4. The molecule has 0 unspecified atom stereocenters. The van der Waals surface area contributed by atoms with Gasteiger partial charge in [-0.3, -0.25) is 10.1 Å². The standard InChI is InChI=1S/C13H13N5S/c14-17-13-15-7-12(19-13)9-18-8-11(6-16-18)10-4-2-1-3-5-10/h1-8H,9,14H2,(H,15,17). The van der Waals surface area contributed by atoms with Crippen LogP contribution in [0.15, 0.2) is 48.9 Å². The van der Waals surface area contributed by atoms with Crippen LogP contribution < -0.4 is 11.3 Å². The van der Waals surface area contributed by atoms with Gasteiger partial charge < -0.3 is 0 Å². The zero-order valence-corrected chi connectivity index (χ0v) is 11.0. The third kappa shape index (κ3) is 2.64. The Labute approximate surface area is 114 Å². The Morgan fingerprint density at radius 1 is 1.16 bits per heavy atom. The van der Waals surface area contributed by atoms with E-state index >= 15 is 0 Å². The second-order valence-electron chi connectivity index (χ2n) is 4.07. The summed E-state index contributed by atoms with van der Waals surface area (Å²) in [6, 6.07) is 10.2. The minimum absolute atomic E-state index is 0.701. The number of nitrogens with zero attached hydrogens (tertiary/aromatic N) is 3. The topological polar surface area (TPSA) is 68.8 Å². The van der Waals surface area contributed by atoms with Crippen molar-refractivity contribution in [3.63, 3.8) is 0 Å². The van der Waals surface area contributed by atoms with Crippen LogP contribution in [0.4, 0.5) is 5.13 Å². The summed E-state index contributed by atoms with van der Waals surface area (Å²) in [4.78, 5) is 5.24. The van der Waals surface area contributed by atoms with Crippen LogP contribution in [0.3, 0.4) is 0 Å². The van der Waals surface area contributed by atoms with Crippen LogP contribution in [-0.2, 0) is 6.54 Å². The lowest BCUT2D eigenvalue weighted by Gasteiger charge is -1.97. The van der Waals surface area contributed by atoms with E-state index in [9.17, 15) is 0 Å². The van der Waals surface area contributed by atoms with Crippen LogP contribution >= 0.6 is 11.3 Å². The van der Waals surface area contributed by atoms with Gasteiger partial charge in [0.15, 0.2) is 5.13 Å². The van der Waals surface area contributed by atoms with Crippen LogP contribution in [0.1, 0.15) is 4.88 Å². The number of thiazole rings is 1. The molecule has 3 rings (SSSR count). The summed E-state index contributed by atoms with van der Waals surface area (Å²) in [5.74, 6) is 5.31. The van der Waals surface area contributed by atoms with Crippen molar-refractivity contribution in [2.24, 2.45) is 5.84 Å². The maximum Gasteiger partial charge on any atom is 0.197 e. The monoisotopic (exact) mass is 271 g/mol. The van der Waals surface area contributed by atoms with E-state index in [1.54, 1.807) is 0 Å². The van der Waals surface area contributed by atoms with E-state index in [0.29, 0.717) is 11.7 Å². The Hall–Kier alpha value is -2.18. The molecule has 0 aliphatic rings. The molecule has 0 amide bonds. The Bertz CT molecular complexity index is 658. The Morgan fingerprint density at radius 2 is 2.00 bits per heavy atom. The summed E-state index contributed by atoms with van der Waals surface area (Å²) in [6.07, 6.45) is 5.72. The number of nitrogens with two attached hydrogens (primary N) is 1. The molecule has 0 atom stereocenters. The lowest BCUT2D eigenvalue weighted by Crippen LogP contribution is -2.05. The van der Waals surface area contributed by atoms with Crippen molar-refractivity contribution in [2.75, 3.05) is 5.43 Å². The van der Waals surface area contributed by atoms with Crippen molar-refractivity contribution in [2.45, 2.75) is 6.54 Å². The molecule has 6 heteroatoms. The SMILES string of the molecule is NNc1ncc(Cn2cc(-c3ccccc3)cn2)s1. The van der Waals surface area contributed by atoms with Gasteiger partial charge in [0.25, 0.3) is 0 Å². The van der Waals surface area contributed by atoms with E-state index in [1.165, 1.54) is 16.9 Å². The zero-order chi connectivity index (χ0) is 13.1. The first-order valence-corrected chi connectivity index (χ1v) is 6.66. The first kappa shape index (κ1) is 11.9. The molecule has 0 saturated heterocycles. The number of nitrogen functional groups attached to an aromatic ring is 1. The summed E-state index contributed by atoms with van der Waals surface area (Å²) < 4.78 is 1.90. The third-order valence-corrected chi connectivity index (χ3v) is 3.65. The predicted octanol–water partition coefficient (Wildman–Crippen LogP) is 2.34. The first-order valence-electron chi connectivity index (χ1n) is 5.84.